The van der Waals surface area contributed by atoms with E-state index in [9.17, 15) is 4.79 Å². The van der Waals surface area contributed by atoms with Crippen molar-refractivity contribution in [3.63, 3.8) is 0 Å². The maximum Gasteiger partial charge on any atom is 0.251 e. The summed E-state index contributed by atoms with van der Waals surface area (Å²) in [5.41, 5.74) is 7.13. The highest BCUT2D eigenvalue weighted by Crippen LogP contribution is 2.17. The van der Waals surface area contributed by atoms with Gasteiger partial charge in [-0.25, -0.2) is 0 Å². The highest BCUT2D eigenvalue weighted by Gasteiger charge is 2.21. The zero-order chi connectivity index (χ0) is 15.4. The molecule has 4 nitrogen and oxygen atoms in total. The average Bonchev–Trinajstić information content (AvgIpc) is 2.43. The lowest BCUT2D eigenvalue weighted by atomic mass is 10.0. The first kappa shape index (κ1) is 16.2. The number of thiocarbonyl (C=S) groups is 1. The molecule has 0 aromatic heterocycles. The Balaban J connectivity index is 1.86. The largest absolute Gasteiger partial charge is 0.392 e. The summed E-state index contributed by atoms with van der Waals surface area (Å²) in [6.07, 6.45) is 1.82. The van der Waals surface area contributed by atoms with Gasteiger partial charge in [0.25, 0.3) is 5.91 Å². The number of likely N-dealkylation sites (tertiary alicyclic amines) is 1. The van der Waals surface area contributed by atoms with Crippen LogP contribution in [-0.2, 0) is 0 Å². The minimum Gasteiger partial charge on any atom is -0.392 e. The van der Waals surface area contributed by atoms with Crippen LogP contribution in [0, 0.1) is 6.92 Å². The van der Waals surface area contributed by atoms with E-state index in [0.29, 0.717) is 22.1 Å². The molecule has 2 rings (SSSR count). The molecule has 1 aromatic rings. The summed E-state index contributed by atoms with van der Waals surface area (Å²) in [6, 6.07) is 5.58. The van der Waals surface area contributed by atoms with Crippen LogP contribution in [0.2, 0.25) is 5.02 Å². The molecule has 1 aliphatic rings. The summed E-state index contributed by atoms with van der Waals surface area (Å²) >= 11 is 11.0. The standard InChI is InChI=1S/C15H20ClN3OS/c1-10-2-3-11(8-13(10)16)15(20)18-12-4-6-19(7-5-12)9-14(17)21/h2-3,8,12H,4-7,9H2,1H3,(H2,17,21)(H,18,20). The third kappa shape index (κ3) is 4.66. The monoisotopic (exact) mass is 325 g/mol. The molecule has 1 fully saturated rings. The number of nitrogens with one attached hydrogen (secondary N) is 1. The molecule has 0 unspecified atom stereocenters. The lowest BCUT2D eigenvalue weighted by Gasteiger charge is -2.32. The molecule has 0 aliphatic carbocycles. The number of hydrogen-bond donors (Lipinski definition) is 2. The van der Waals surface area contributed by atoms with Gasteiger partial charge < -0.3 is 11.1 Å². The van der Waals surface area contributed by atoms with Crippen molar-refractivity contribution < 1.29 is 4.79 Å². The first-order valence-electron chi connectivity index (χ1n) is 7.03. The molecule has 21 heavy (non-hydrogen) atoms. The first-order chi connectivity index (χ1) is 9.95. The maximum absolute atomic E-state index is 12.2. The number of nitrogens with two attached hydrogens (primary N) is 1. The van der Waals surface area contributed by atoms with Crippen molar-refractivity contribution in [1.29, 1.82) is 0 Å². The van der Waals surface area contributed by atoms with Gasteiger partial charge in [-0.1, -0.05) is 29.9 Å². The zero-order valence-corrected chi connectivity index (χ0v) is 13.6. The minimum atomic E-state index is -0.0651. The Hall–Kier alpha value is -1.17. The number of halogens is 1. The Bertz CT molecular complexity index is 542. The topological polar surface area (TPSA) is 58.4 Å². The van der Waals surface area contributed by atoms with E-state index in [1.165, 1.54) is 0 Å². The molecule has 6 heteroatoms. The van der Waals surface area contributed by atoms with Crippen LogP contribution in [-0.4, -0.2) is 41.5 Å². The summed E-state index contributed by atoms with van der Waals surface area (Å²) < 4.78 is 0. The van der Waals surface area contributed by atoms with Gasteiger partial charge in [-0.3, -0.25) is 9.69 Å². The molecule has 1 saturated heterocycles. The van der Waals surface area contributed by atoms with Gasteiger partial charge >= 0.3 is 0 Å². The molecule has 1 aromatic carbocycles. The Kier molecular flexibility index (Phi) is 5.56. The number of piperidine rings is 1. The summed E-state index contributed by atoms with van der Waals surface area (Å²) in [5, 5.41) is 3.69. The molecule has 1 aliphatic heterocycles. The fourth-order valence-corrected chi connectivity index (χ4v) is 2.82. The van der Waals surface area contributed by atoms with Gasteiger partial charge in [0.05, 0.1) is 4.99 Å². The quantitative estimate of drug-likeness (QED) is 0.833. The van der Waals surface area contributed by atoms with Crippen molar-refractivity contribution in [3.05, 3.63) is 34.3 Å². The number of amides is 1. The van der Waals surface area contributed by atoms with Crippen LogP contribution in [0.25, 0.3) is 0 Å². The van der Waals surface area contributed by atoms with Gasteiger partial charge in [0, 0.05) is 36.3 Å². The second-order valence-electron chi connectivity index (χ2n) is 5.45. The van der Waals surface area contributed by atoms with Crippen LogP contribution in [0.15, 0.2) is 18.2 Å². The van der Waals surface area contributed by atoms with Crippen molar-refractivity contribution in [2.75, 3.05) is 19.6 Å². The number of benzene rings is 1. The molecule has 0 bridgehead atoms. The van der Waals surface area contributed by atoms with Gasteiger partial charge in [-0.05, 0) is 37.5 Å². The zero-order valence-electron chi connectivity index (χ0n) is 12.1. The van der Waals surface area contributed by atoms with Crippen molar-refractivity contribution in [1.82, 2.24) is 10.2 Å². The van der Waals surface area contributed by atoms with Crippen LogP contribution in [0.4, 0.5) is 0 Å². The molecule has 3 N–H and O–H groups in total. The first-order valence-corrected chi connectivity index (χ1v) is 7.82. The summed E-state index contributed by atoms with van der Waals surface area (Å²) in [7, 11) is 0. The Labute approximate surface area is 135 Å². The van der Waals surface area contributed by atoms with E-state index in [0.717, 1.165) is 31.5 Å². The van der Waals surface area contributed by atoms with E-state index in [1.54, 1.807) is 12.1 Å². The smallest absolute Gasteiger partial charge is 0.251 e. The maximum atomic E-state index is 12.2. The minimum absolute atomic E-state index is 0.0651. The molecule has 1 heterocycles. The lowest BCUT2D eigenvalue weighted by Crippen LogP contribution is -2.46. The summed E-state index contributed by atoms with van der Waals surface area (Å²) in [5.74, 6) is -0.0651. The SMILES string of the molecule is Cc1ccc(C(=O)NC2CCN(CC(N)=S)CC2)cc1Cl. The fourth-order valence-electron chi connectivity index (χ4n) is 2.46. The molecule has 0 saturated carbocycles. The molecule has 114 valence electrons. The number of carbonyl (C=O) groups excluding carboxylic acids is 1. The number of nitrogens with zero attached hydrogens (tertiary/aromatic N) is 1. The van der Waals surface area contributed by atoms with Crippen LogP contribution in [0.3, 0.4) is 0 Å². The predicted octanol–water partition coefficient (Wildman–Crippen LogP) is 2.13. The van der Waals surface area contributed by atoms with Crippen LogP contribution < -0.4 is 11.1 Å². The Morgan fingerprint density at radius 2 is 2.14 bits per heavy atom. The molecule has 0 atom stereocenters. The Morgan fingerprint density at radius 3 is 2.71 bits per heavy atom. The Morgan fingerprint density at radius 1 is 1.48 bits per heavy atom. The predicted molar refractivity (Wildman–Crippen MR) is 89.9 cm³/mol. The van der Waals surface area contributed by atoms with Crippen LogP contribution >= 0.6 is 23.8 Å². The molecule has 0 spiro atoms. The number of rotatable bonds is 4. The van der Waals surface area contributed by atoms with E-state index < -0.39 is 0 Å². The molecular formula is C15H20ClN3OS. The number of aryl methyl sites for hydroxylation is 1. The average molecular weight is 326 g/mol. The highest BCUT2D eigenvalue weighted by molar-refractivity contribution is 7.80. The lowest BCUT2D eigenvalue weighted by molar-refractivity contribution is 0.0915. The van der Waals surface area contributed by atoms with Crippen LogP contribution in [0.1, 0.15) is 28.8 Å². The second-order valence-corrected chi connectivity index (χ2v) is 6.39. The van der Waals surface area contributed by atoms with Gasteiger partial charge in [0.15, 0.2) is 0 Å². The van der Waals surface area contributed by atoms with Crippen molar-refractivity contribution >= 4 is 34.7 Å². The van der Waals surface area contributed by atoms with E-state index in [2.05, 4.69) is 10.2 Å². The van der Waals surface area contributed by atoms with Gasteiger partial charge in [0.2, 0.25) is 0 Å². The van der Waals surface area contributed by atoms with Crippen molar-refractivity contribution in [2.24, 2.45) is 5.73 Å². The second kappa shape index (κ2) is 7.20. The van der Waals surface area contributed by atoms with Gasteiger partial charge in [0.1, 0.15) is 0 Å². The third-order valence-electron chi connectivity index (χ3n) is 3.74. The normalized spacial score (nSPS) is 16.7. The van der Waals surface area contributed by atoms with E-state index in [1.807, 2.05) is 13.0 Å². The molecular weight excluding hydrogens is 306 g/mol. The number of carbonyl (C=O) groups is 1. The van der Waals surface area contributed by atoms with Crippen molar-refractivity contribution in [3.8, 4) is 0 Å². The third-order valence-corrected chi connectivity index (χ3v) is 4.27. The van der Waals surface area contributed by atoms with E-state index >= 15 is 0 Å². The number of hydrogen-bond acceptors (Lipinski definition) is 3. The van der Waals surface area contributed by atoms with Crippen molar-refractivity contribution in [2.45, 2.75) is 25.8 Å². The molecule has 1 amide bonds. The summed E-state index contributed by atoms with van der Waals surface area (Å²) in [4.78, 5) is 14.9. The van der Waals surface area contributed by atoms with E-state index in [-0.39, 0.29) is 11.9 Å². The fraction of sp³-hybridized carbons (Fsp3) is 0.467. The van der Waals surface area contributed by atoms with Gasteiger partial charge in [-0.2, -0.15) is 0 Å². The van der Waals surface area contributed by atoms with E-state index in [4.69, 9.17) is 29.6 Å². The summed E-state index contributed by atoms with van der Waals surface area (Å²) in [6.45, 7) is 4.37. The highest BCUT2D eigenvalue weighted by atomic mass is 35.5. The van der Waals surface area contributed by atoms with Gasteiger partial charge in [-0.15, -0.1) is 0 Å². The molecule has 0 radical (unpaired) electrons. The van der Waals surface area contributed by atoms with Crippen LogP contribution in [0.5, 0.6) is 0 Å².